The smallest absolute Gasteiger partial charge is 0.341 e. The van der Waals surface area contributed by atoms with Gasteiger partial charge in [-0.3, -0.25) is 0 Å². The molecular formula is C12H10O4. The zero-order valence-corrected chi connectivity index (χ0v) is 8.64. The van der Waals surface area contributed by atoms with E-state index in [1.165, 1.54) is 19.6 Å². The van der Waals surface area contributed by atoms with Crippen LogP contribution in [0, 0.1) is 0 Å². The number of hydrogen-bond acceptors (Lipinski definition) is 4. The Balaban J connectivity index is 2.44. The molecule has 1 aromatic heterocycles. The first kappa shape index (κ1) is 10.3. The van der Waals surface area contributed by atoms with Crippen molar-refractivity contribution in [1.82, 2.24) is 0 Å². The Morgan fingerprint density at radius 3 is 2.56 bits per heavy atom. The number of hydrogen-bond donors (Lipinski definition) is 1. The Morgan fingerprint density at radius 1 is 1.25 bits per heavy atom. The van der Waals surface area contributed by atoms with Crippen LogP contribution in [-0.2, 0) is 4.74 Å². The third kappa shape index (κ3) is 1.77. The highest BCUT2D eigenvalue weighted by molar-refractivity contribution is 5.96. The molecule has 0 aliphatic heterocycles. The number of aromatic hydroxyl groups is 1. The first-order valence-electron chi connectivity index (χ1n) is 4.66. The van der Waals surface area contributed by atoms with E-state index < -0.39 is 5.97 Å². The van der Waals surface area contributed by atoms with Gasteiger partial charge in [-0.25, -0.2) is 4.79 Å². The van der Waals surface area contributed by atoms with Gasteiger partial charge in [-0.15, -0.1) is 0 Å². The highest BCUT2D eigenvalue weighted by Crippen LogP contribution is 2.26. The van der Waals surface area contributed by atoms with Crippen LogP contribution in [0.5, 0.6) is 5.75 Å². The second kappa shape index (κ2) is 4.10. The van der Waals surface area contributed by atoms with E-state index in [1.54, 1.807) is 24.3 Å². The predicted molar refractivity (Wildman–Crippen MR) is 57.1 cm³/mol. The van der Waals surface area contributed by atoms with Crippen molar-refractivity contribution in [2.75, 3.05) is 7.11 Å². The van der Waals surface area contributed by atoms with Gasteiger partial charge < -0.3 is 14.3 Å². The third-order valence-corrected chi connectivity index (χ3v) is 2.25. The summed E-state index contributed by atoms with van der Waals surface area (Å²) in [5.74, 6) is -0.274. The summed E-state index contributed by atoms with van der Waals surface area (Å²) in [7, 11) is 1.32. The summed E-state index contributed by atoms with van der Waals surface area (Å²) in [6, 6.07) is 6.49. The number of phenolic OH excluding ortho intramolecular Hbond substituents is 1. The predicted octanol–water partition coefficient (Wildman–Crippen LogP) is 2.44. The molecule has 0 amide bonds. The second-order valence-corrected chi connectivity index (χ2v) is 3.24. The second-order valence-electron chi connectivity index (χ2n) is 3.24. The summed E-state index contributed by atoms with van der Waals surface area (Å²) in [4.78, 5) is 11.4. The Bertz CT molecular complexity index is 496. The molecule has 0 unspecified atom stereocenters. The van der Waals surface area contributed by atoms with Crippen molar-refractivity contribution >= 4 is 5.97 Å². The van der Waals surface area contributed by atoms with E-state index >= 15 is 0 Å². The number of esters is 1. The van der Waals surface area contributed by atoms with Gasteiger partial charge >= 0.3 is 5.97 Å². The lowest BCUT2D eigenvalue weighted by atomic mass is 10.0. The van der Waals surface area contributed by atoms with Gasteiger partial charge in [-0.1, -0.05) is 12.1 Å². The monoisotopic (exact) mass is 218 g/mol. The van der Waals surface area contributed by atoms with Gasteiger partial charge in [0.25, 0.3) is 0 Å². The lowest BCUT2D eigenvalue weighted by molar-refractivity contribution is 0.0600. The van der Waals surface area contributed by atoms with Crippen LogP contribution in [-0.4, -0.2) is 18.2 Å². The Hall–Kier alpha value is -2.23. The first-order chi connectivity index (χ1) is 7.72. The van der Waals surface area contributed by atoms with Gasteiger partial charge in [0.1, 0.15) is 17.6 Å². The van der Waals surface area contributed by atoms with Crippen molar-refractivity contribution < 1.29 is 19.1 Å². The van der Waals surface area contributed by atoms with Gasteiger partial charge in [0.15, 0.2) is 0 Å². The highest BCUT2D eigenvalue weighted by Gasteiger charge is 2.15. The first-order valence-corrected chi connectivity index (χ1v) is 4.66. The molecule has 4 nitrogen and oxygen atoms in total. The zero-order valence-electron chi connectivity index (χ0n) is 8.64. The molecule has 82 valence electrons. The molecule has 2 aromatic rings. The topological polar surface area (TPSA) is 59.7 Å². The summed E-state index contributed by atoms with van der Waals surface area (Å²) in [5.41, 5.74) is 1.80. The molecule has 0 radical (unpaired) electrons. The number of methoxy groups -OCH3 is 1. The molecule has 0 atom stereocenters. The number of furan rings is 1. The Morgan fingerprint density at radius 2 is 1.94 bits per heavy atom. The lowest BCUT2D eigenvalue weighted by Crippen LogP contribution is -2.00. The number of ether oxygens (including phenoxy) is 1. The van der Waals surface area contributed by atoms with Crippen molar-refractivity contribution in [3.05, 3.63) is 42.4 Å². The molecule has 4 heteroatoms. The zero-order chi connectivity index (χ0) is 11.5. The maximum Gasteiger partial charge on any atom is 0.341 e. The summed E-state index contributed by atoms with van der Waals surface area (Å²) in [5, 5.41) is 9.16. The number of phenols is 1. The minimum atomic E-state index is -0.447. The van der Waals surface area contributed by atoms with Gasteiger partial charge in [0, 0.05) is 5.56 Å². The summed E-state index contributed by atoms with van der Waals surface area (Å²) < 4.78 is 9.62. The Labute approximate surface area is 92.1 Å². The largest absolute Gasteiger partial charge is 0.508 e. The van der Waals surface area contributed by atoms with E-state index in [1.807, 2.05) is 0 Å². The summed E-state index contributed by atoms with van der Waals surface area (Å²) in [6.07, 6.45) is 2.81. The molecule has 1 heterocycles. The average Bonchev–Trinajstić information content (AvgIpc) is 2.78. The lowest BCUT2D eigenvalue weighted by Gasteiger charge is -2.01. The van der Waals surface area contributed by atoms with E-state index in [-0.39, 0.29) is 5.75 Å². The fraction of sp³-hybridized carbons (Fsp3) is 0.0833. The van der Waals surface area contributed by atoms with Crippen LogP contribution >= 0.6 is 0 Å². The average molecular weight is 218 g/mol. The van der Waals surface area contributed by atoms with E-state index in [4.69, 9.17) is 9.52 Å². The molecule has 0 saturated heterocycles. The number of carbonyl (C=O) groups is 1. The summed E-state index contributed by atoms with van der Waals surface area (Å²) in [6.45, 7) is 0. The maximum absolute atomic E-state index is 11.4. The van der Waals surface area contributed by atoms with Crippen LogP contribution in [0.4, 0.5) is 0 Å². The van der Waals surface area contributed by atoms with Gasteiger partial charge in [-0.2, -0.15) is 0 Å². The molecule has 0 saturated carbocycles. The molecule has 0 bridgehead atoms. The van der Waals surface area contributed by atoms with Crippen LogP contribution in [0.2, 0.25) is 0 Å². The van der Waals surface area contributed by atoms with Crippen molar-refractivity contribution in [3.63, 3.8) is 0 Å². The van der Waals surface area contributed by atoms with Gasteiger partial charge in [0.2, 0.25) is 0 Å². The van der Waals surface area contributed by atoms with Crippen LogP contribution < -0.4 is 0 Å². The Kier molecular flexibility index (Phi) is 2.64. The fourth-order valence-electron chi connectivity index (χ4n) is 1.43. The standard InChI is InChI=1S/C12H10O4/c1-15-12(14)11-7-16-6-10(11)8-2-4-9(13)5-3-8/h2-7,13H,1H3. The molecule has 1 aromatic carbocycles. The summed E-state index contributed by atoms with van der Waals surface area (Å²) >= 11 is 0. The van der Waals surface area contributed by atoms with Crippen molar-refractivity contribution in [2.24, 2.45) is 0 Å². The maximum atomic E-state index is 11.4. The molecule has 1 N–H and O–H groups in total. The molecule has 0 fully saturated rings. The van der Waals surface area contributed by atoms with Crippen LogP contribution in [0.3, 0.4) is 0 Å². The highest BCUT2D eigenvalue weighted by atomic mass is 16.5. The van der Waals surface area contributed by atoms with Gasteiger partial charge in [0.05, 0.1) is 13.4 Å². The van der Waals surface area contributed by atoms with Crippen LogP contribution in [0.25, 0.3) is 11.1 Å². The van der Waals surface area contributed by atoms with Crippen molar-refractivity contribution in [2.45, 2.75) is 0 Å². The van der Waals surface area contributed by atoms with Crippen molar-refractivity contribution in [1.29, 1.82) is 0 Å². The van der Waals surface area contributed by atoms with Crippen LogP contribution in [0.1, 0.15) is 10.4 Å². The normalized spacial score (nSPS) is 10.1. The fourth-order valence-corrected chi connectivity index (χ4v) is 1.43. The third-order valence-electron chi connectivity index (χ3n) is 2.25. The van der Waals surface area contributed by atoms with Crippen LogP contribution in [0.15, 0.2) is 41.2 Å². The van der Waals surface area contributed by atoms with E-state index in [9.17, 15) is 4.79 Å². The molecule has 0 spiro atoms. The van der Waals surface area contributed by atoms with Gasteiger partial charge in [-0.05, 0) is 17.7 Å². The SMILES string of the molecule is COC(=O)c1cocc1-c1ccc(O)cc1. The molecule has 2 rings (SSSR count). The van der Waals surface area contributed by atoms with E-state index in [2.05, 4.69) is 4.74 Å². The minimum Gasteiger partial charge on any atom is -0.508 e. The molecular weight excluding hydrogens is 208 g/mol. The number of carbonyl (C=O) groups excluding carboxylic acids is 1. The molecule has 0 aliphatic rings. The van der Waals surface area contributed by atoms with Crippen molar-refractivity contribution in [3.8, 4) is 16.9 Å². The quantitative estimate of drug-likeness (QED) is 0.786. The minimum absolute atomic E-state index is 0.173. The number of benzene rings is 1. The molecule has 0 aliphatic carbocycles. The molecule has 16 heavy (non-hydrogen) atoms. The van der Waals surface area contributed by atoms with E-state index in [0.29, 0.717) is 11.1 Å². The number of rotatable bonds is 2. The van der Waals surface area contributed by atoms with E-state index in [0.717, 1.165) is 5.56 Å².